The van der Waals surface area contributed by atoms with Crippen molar-refractivity contribution in [2.75, 3.05) is 6.54 Å². The molecule has 24 heavy (non-hydrogen) atoms. The summed E-state index contributed by atoms with van der Waals surface area (Å²) in [6.07, 6.45) is 2.89. The van der Waals surface area contributed by atoms with Crippen molar-refractivity contribution >= 4 is 16.0 Å². The Labute approximate surface area is 145 Å². The van der Waals surface area contributed by atoms with Crippen LogP contribution in [-0.4, -0.2) is 36.4 Å². The van der Waals surface area contributed by atoms with Crippen LogP contribution in [0.1, 0.15) is 52.0 Å². The topological polar surface area (TPSA) is 74.7 Å². The second-order valence-electron chi connectivity index (χ2n) is 6.63. The number of aryl methyl sites for hydroxylation is 1. The summed E-state index contributed by atoms with van der Waals surface area (Å²) in [5.74, 6) is -1.04. The van der Waals surface area contributed by atoms with E-state index in [9.17, 15) is 18.3 Å². The Morgan fingerprint density at radius 3 is 2.21 bits per heavy atom. The van der Waals surface area contributed by atoms with Crippen molar-refractivity contribution in [1.82, 2.24) is 4.31 Å². The third-order valence-corrected chi connectivity index (χ3v) is 5.78. The number of carbonyl (C=O) groups is 1. The van der Waals surface area contributed by atoms with Gasteiger partial charge in [0.2, 0.25) is 10.0 Å². The number of benzene rings is 1. The van der Waals surface area contributed by atoms with E-state index in [0.29, 0.717) is 12.8 Å². The molecular weight excluding hydrogens is 326 g/mol. The van der Waals surface area contributed by atoms with Crippen LogP contribution in [0.25, 0.3) is 0 Å². The van der Waals surface area contributed by atoms with Gasteiger partial charge in [0.1, 0.15) is 6.04 Å². The number of sulfonamides is 1. The molecule has 1 rings (SSSR count). The molecule has 0 spiro atoms. The zero-order chi connectivity index (χ0) is 18.3. The van der Waals surface area contributed by atoms with E-state index >= 15 is 0 Å². The number of hydrogen-bond acceptors (Lipinski definition) is 3. The van der Waals surface area contributed by atoms with Crippen LogP contribution in [-0.2, 0) is 14.8 Å². The van der Waals surface area contributed by atoms with Gasteiger partial charge in [-0.15, -0.1) is 0 Å². The molecule has 0 unspecified atom stereocenters. The van der Waals surface area contributed by atoms with Gasteiger partial charge in [-0.05, 0) is 31.4 Å². The number of hydrogen-bond donors (Lipinski definition) is 1. The van der Waals surface area contributed by atoms with Gasteiger partial charge in [0.05, 0.1) is 4.90 Å². The van der Waals surface area contributed by atoms with Gasteiger partial charge in [-0.1, -0.05) is 57.7 Å². The number of aliphatic carboxylic acids is 1. The summed E-state index contributed by atoms with van der Waals surface area (Å²) >= 11 is 0. The van der Waals surface area contributed by atoms with E-state index in [-0.39, 0.29) is 17.4 Å². The molecule has 0 aliphatic heterocycles. The predicted molar refractivity (Wildman–Crippen MR) is 95.5 cm³/mol. The molecule has 0 fully saturated rings. The minimum Gasteiger partial charge on any atom is -0.480 e. The fraction of sp³-hybridized carbons (Fsp3) is 0.611. The average molecular weight is 356 g/mol. The smallest absolute Gasteiger partial charge is 0.322 e. The zero-order valence-electron chi connectivity index (χ0n) is 15.0. The Morgan fingerprint density at radius 2 is 1.75 bits per heavy atom. The van der Waals surface area contributed by atoms with E-state index in [1.165, 1.54) is 4.31 Å². The zero-order valence-corrected chi connectivity index (χ0v) is 15.8. The molecule has 1 atom stereocenters. The standard InChI is InChI=1S/C18H29NO4S/c1-5-6-7-8-17(18(20)21)19(13-14(2)3)24(22,23)16-11-9-15(4)10-12-16/h9-12,14,17H,5-8,13H2,1-4H3,(H,20,21)/t17-/m0/s1. The summed E-state index contributed by atoms with van der Waals surface area (Å²) in [6, 6.07) is 5.53. The fourth-order valence-electron chi connectivity index (χ4n) is 2.58. The van der Waals surface area contributed by atoms with Gasteiger partial charge in [0.25, 0.3) is 0 Å². The number of carboxylic acid groups (broad SMARTS) is 1. The first-order valence-corrected chi connectivity index (χ1v) is 9.95. The van der Waals surface area contributed by atoms with Crippen molar-refractivity contribution in [3.05, 3.63) is 29.8 Å². The highest BCUT2D eigenvalue weighted by Crippen LogP contribution is 2.23. The molecule has 0 amide bonds. The summed E-state index contributed by atoms with van der Waals surface area (Å²) < 4.78 is 27.2. The minimum atomic E-state index is -3.84. The van der Waals surface area contributed by atoms with Crippen LogP contribution in [0.3, 0.4) is 0 Å². The monoisotopic (exact) mass is 355 g/mol. The van der Waals surface area contributed by atoms with Crippen LogP contribution in [0, 0.1) is 12.8 Å². The quantitative estimate of drug-likeness (QED) is 0.650. The van der Waals surface area contributed by atoms with Gasteiger partial charge in [-0.2, -0.15) is 4.31 Å². The van der Waals surface area contributed by atoms with Gasteiger partial charge in [0, 0.05) is 6.54 Å². The van der Waals surface area contributed by atoms with E-state index in [1.54, 1.807) is 24.3 Å². The van der Waals surface area contributed by atoms with Crippen LogP contribution >= 0.6 is 0 Å². The third-order valence-electron chi connectivity index (χ3n) is 3.89. The molecule has 0 bridgehead atoms. The first kappa shape index (κ1) is 20.6. The Kier molecular flexibility index (Phi) is 7.90. The number of unbranched alkanes of at least 4 members (excludes halogenated alkanes) is 2. The van der Waals surface area contributed by atoms with Gasteiger partial charge < -0.3 is 5.11 Å². The second kappa shape index (κ2) is 9.18. The molecule has 0 aliphatic rings. The van der Waals surface area contributed by atoms with Crippen LogP contribution in [0.4, 0.5) is 0 Å². The maximum atomic E-state index is 13.0. The molecule has 6 heteroatoms. The lowest BCUT2D eigenvalue weighted by molar-refractivity contribution is -0.141. The number of nitrogens with zero attached hydrogens (tertiary/aromatic N) is 1. The molecule has 1 aromatic rings. The fourth-order valence-corrected chi connectivity index (χ4v) is 4.35. The third kappa shape index (κ3) is 5.60. The Hall–Kier alpha value is -1.40. The maximum absolute atomic E-state index is 13.0. The highest BCUT2D eigenvalue weighted by Gasteiger charge is 2.35. The van der Waals surface area contributed by atoms with Crippen molar-refractivity contribution in [3.63, 3.8) is 0 Å². The maximum Gasteiger partial charge on any atom is 0.322 e. The normalized spacial score (nSPS) is 13.4. The summed E-state index contributed by atoms with van der Waals surface area (Å²) in [4.78, 5) is 11.9. The van der Waals surface area contributed by atoms with E-state index < -0.39 is 22.0 Å². The summed E-state index contributed by atoms with van der Waals surface area (Å²) in [5.41, 5.74) is 0.960. The molecule has 0 radical (unpaired) electrons. The van der Waals surface area contributed by atoms with E-state index in [0.717, 1.165) is 18.4 Å². The molecule has 1 N–H and O–H groups in total. The highest BCUT2D eigenvalue weighted by molar-refractivity contribution is 7.89. The molecule has 0 aromatic heterocycles. The van der Waals surface area contributed by atoms with Gasteiger partial charge in [0.15, 0.2) is 0 Å². The summed E-state index contributed by atoms with van der Waals surface area (Å²) in [7, 11) is -3.84. The summed E-state index contributed by atoms with van der Waals surface area (Å²) in [5, 5.41) is 9.60. The van der Waals surface area contributed by atoms with Crippen molar-refractivity contribution in [2.45, 2.75) is 64.3 Å². The Morgan fingerprint density at radius 1 is 1.17 bits per heavy atom. The van der Waals surface area contributed by atoms with Crippen molar-refractivity contribution in [2.24, 2.45) is 5.92 Å². The lowest BCUT2D eigenvalue weighted by atomic mass is 10.1. The Bertz CT molecular complexity index is 623. The molecule has 136 valence electrons. The van der Waals surface area contributed by atoms with Crippen molar-refractivity contribution < 1.29 is 18.3 Å². The molecule has 0 saturated carbocycles. The lowest BCUT2D eigenvalue weighted by Gasteiger charge is -2.29. The first-order chi connectivity index (χ1) is 11.2. The van der Waals surface area contributed by atoms with Crippen LogP contribution in [0.15, 0.2) is 29.2 Å². The molecular formula is C18H29NO4S. The average Bonchev–Trinajstić information content (AvgIpc) is 2.49. The first-order valence-electron chi connectivity index (χ1n) is 8.51. The number of carboxylic acids is 1. The van der Waals surface area contributed by atoms with Crippen LogP contribution in [0.2, 0.25) is 0 Å². The number of rotatable bonds is 10. The molecule has 0 saturated heterocycles. The molecule has 0 heterocycles. The highest BCUT2D eigenvalue weighted by atomic mass is 32.2. The van der Waals surface area contributed by atoms with Crippen molar-refractivity contribution in [3.8, 4) is 0 Å². The van der Waals surface area contributed by atoms with Crippen LogP contribution in [0.5, 0.6) is 0 Å². The van der Waals surface area contributed by atoms with Gasteiger partial charge in [-0.25, -0.2) is 8.42 Å². The SMILES string of the molecule is CCCCC[C@@H](C(=O)O)N(CC(C)C)S(=O)(=O)c1ccc(C)cc1. The minimum absolute atomic E-state index is 0.0400. The lowest BCUT2D eigenvalue weighted by Crippen LogP contribution is -2.46. The molecule has 5 nitrogen and oxygen atoms in total. The van der Waals surface area contributed by atoms with E-state index in [1.807, 2.05) is 27.7 Å². The molecule has 0 aliphatic carbocycles. The second-order valence-corrected chi connectivity index (χ2v) is 8.52. The van der Waals surface area contributed by atoms with Gasteiger partial charge in [-0.3, -0.25) is 4.79 Å². The largest absolute Gasteiger partial charge is 0.480 e. The summed E-state index contributed by atoms with van der Waals surface area (Å²) in [6.45, 7) is 7.89. The van der Waals surface area contributed by atoms with Crippen LogP contribution < -0.4 is 0 Å². The van der Waals surface area contributed by atoms with E-state index in [2.05, 4.69) is 0 Å². The predicted octanol–water partition coefficient (Wildman–Crippen LogP) is 3.68. The Balaban J connectivity index is 3.21. The molecule has 1 aromatic carbocycles. The van der Waals surface area contributed by atoms with Crippen molar-refractivity contribution in [1.29, 1.82) is 0 Å². The van der Waals surface area contributed by atoms with Gasteiger partial charge >= 0.3 is 5.97 Å². The van der Waals surface area contributed by atoms with E-state index in [4.69, 9.17) is 0 Å².